The Balaban J connectivity index is 1.67. The van der Waals surface area contributed by atoms with Crippen LogP contribution in [0.25, 0.3) is 0 Å². The lowest BCUT2D eigenvalue weighted by molar-refractivity contribution is -0.0884. The van der Waals surface area contributed by atoms with E-state index in [0.717, 1.165) is 40.7 Å². The van der Waals surface area contributed by atoms with Crippen LogP contribution in [0.3, 0.4) is 0 Å². The maximum absolute atomic E-state index is 14.0. The number of nitrogens with one attached hydrogen (secondary N) is 3. The van der Waals surface area contributed by atoms with Crippen LogP contribution >= 0.6 is 0 Å². The number of benzene rings is 3. The first-order valence-corrected chi connectivity index (χ1v) is 14.7. The van der Waals surface area contributed by atoms with E-state index in [4.69, 9.17) is 5.73 Å². The van der Waals surface area contributed by atoms with Crippen LogP contribution in [0.4, 0.5) is 30.2 Å². The second-order valence-electron chi connectivity index (χ2n) is 10.9. The van der Waals surface area contributed by atoms with Gasteiger partial charge in [0.25, 0.3) is 0 Å². The van der Waals surface area contributed by atoms with Crippen molar-refractivity contribution in [1.29, 1.82) is 0 Å². The zero-order valence-corrected chi connectivity index (χ0v) is 25.1. The van der Waals surface area contributed by atoms with Crippen LogP contribution in [-0.4, -0.2) is 26.8 Å². The third-order valence-corrected chi connectivity index (χ3v) is 7.60. The largest absolute Gasteiger partial charge is 0.416 e. The van der Waals surface area contributed by atoms with Crippen molar-refractivity contribution >= 4 is 17.1 Å². The minimum absolute atomic E-state index is 0.0393. The maximum Gasteiger partial charge on any atom is 0.416 e. The molecule has 43 heavy (non-hydrogen) atoms. The Morgan fingerprint density at radius 2 is 1.74 bits per heavy atom. The second kappa shape index (κ2) is 14.4. The van der Waals surface area contributed by atoms with Gasteiger partial charge in [0.05, 0.1) is 23.0 Å². The number of anilines is 3. The summed E-state index contributed by atoms with van der Waals surface area (Å²) in [5.74, 6) is 0.695. The van der Waals surface area contributed by atoms with E-state index in [-0.39, 0.29) is 12.5 Å². The molecule has 0 bridgehead atoms. The number of alkyl halides is 3. The summed E-state index contributed by atoms with van der Waals surface area (Å²) in [4.78, 5) is 1.71. The smallest absolute Gasteiger partial charge is 0.388 e. The third-order valence-electron chi connectivity index (χ3n) is 7.60. The molecule has 4 rings (SSSR count). The number of halogens is 3. The highest BCUT2D eigenvalue weighted by Gasteiger charge is 2.33. The molecule has 1 unspecified atom stereocenters. The Bertz CT molecular complexity index is 1440. The fraction of sp³-hybridized carbons (Fsp3) is 0.314. The second-order valence-corrected chi connectivity index (χ2v) is 10.9. The summed E-state index contributed by atoms with van der Waals surface area (Å²) < 4.78 is 42.1. The van der Waals surface area contributed by atoms with Gasteiger partial charge in [0.15, 0.2) is 0 Å². The molecule has 0 amide bonds. The molecule has 0 aliphatic heterocycles. The van der Waals surface area contributed by atoms with E-state index in [9.17, 15) is 13.2 Å². The molecule has 8 heteroatoms. The summed E-state index contributed by atoms with van der Waals surface area (Å²) in [7, 11) is 3.63. The van der Waals surface area contributed by atoms with Gasteiger partial charge in [0.2, 0.25) is 0 Å². The first-order chi connectivity index (χ1) is 20.6. The van der Waals surface area contributed by atoms with Crippen molar-refractivity contribution in [2.45, 2.75) is 44.9 Å². The number of hydrogen-bond donors (Lipinski definition) is 4. The average molecular weight is 590 g/mol. The number of likely N-dealkylation sites (N-methyl/N-ethyl adjacent to an activating group) is 1. The van der Waals surface area contributed by atoms with Crippen LogP contribution in [0.5, 0.6) is 0 Å². The first-order valence-electron chi connectivity index (χ1n) is 14.7. The molecule has 0 saturated heterocycles. The van der Waals surface area contributed by atoms with Crippen LogP contribution in [0, 0.1) is 5.92 Å². The molecule has 0 spiro atoms. The van der Waals surface area contributed by atoms with Crippen molar-refractivity contribution in [1.82, 2.24) is 5.32 Å². The highest BCUT2D eigenvalue weighted by molar-refractivity contribution is 5.63. The van der Waals surface area contributed by atoms with Crippen molar-refractivity contribution in [2.75, 3.05) is 36.2 Å². The van der Waals surface area contributed by atoms with Crippen LogP contribution < -0.4 is 26.6 Å². The van der Waals surface area contributed by atoms with Gasteiger partial charge in [0, 0.05) is 37.7 Å². The van der Waals surface area contributed by atoms with Crippen LogP contribution in [-0.2, 0) is 6.54 Å². The number of nitrogens with zero attached hydrogens (tertiary/aromatic N) is 1. The number of allylic oxidation sites excluding steroid dienone is 3. The van der Waals surface area contributed by atoms with Gasteiger partial charge in [0.1, 0.15) is 0 Å². The molecule has 1 aliphatic rings. The Kier molecular flexibility index (Phi) is 10.7. The Hall–Kier alpha value is -4.01. The van der Waals surface area contributed by atoms with Gasteiger partial charge in [-0.25, -0.2) is 0 Å². The molecule has 228 valence electrons. The molecule has 1 saturated carbocycles. The van der Waals surface area contributed by atoms with E-state index in [1.54, 1.807) is 18.9 Å². The number of rotatable bonds is 14. The molecule has 1 aliphatic carbocycles. The van der Waals surface area contributed by atoms with Crippen molar-refractivity contribution < 1.29 is 13.2 Å². The van der Waals surface area contributed by atoms with E-state index in [1.807, 2.05) is 49.5 Å². The minimum Gasteiger partial charge on any atom is -0.388 e. The normalized spacial score (nSPS) is 14.8. The van der Waals surface area contributed by atoms with Crippen LogP contribution in [0.15, 0.2) is 108 Å². The Morgan fingerprint density at radius 3 is 2.37 bits per heavy atom. The highest BCUT2D eigenvalue weighted by atomic mass is 19.4. The highest BCUT2D eigenvalue weighted by Crippen LogP contribution is 2.33. The van der Waals surface area contributed by atoms with Gasteiger partial charge in [-0.1, -0.05) is 56.0 Å². The lowest BCUT2D eigenvalue weighted by Crippen LogP contribution is -2.25. The lowest BCUT2D eigenvalue weighted by atomic mass is 9.97. The van der Waals surface area contributed by atoms with Crippen molar-refractivity contribution in [3.8, 4) is 0 Å². The summed E-state index contributed by atoms with van der Waals surface area (Å²) in [5, 5.41) is 10.2. The molecule has 0 heterocycles. The van der Waals surface area contributed by atoms with E-state index >= 15 is 0 Å². The molecule has 0 aromatic heterocycles. The molecule has 1 atom stereocenters. The predicted octanol–water partition coefficient (Wildman–Crippen LogP) is 8.12. The van der Waals surface area contributed by atoms with E-state index in [1.165, 1.54) is 18.9 Å². The molecular weight excluding hydrogens is 547 g/mol. The summed E-state index contributed by atoms with van der Waals surface area (Å²) in [6, 6.07) is 23.7. The van der Waals surface area contributed by atoms with Gasteiger partial charge in [-0.3, -0.25) is 0 Å². The van der Waals surface area contributed by atoms with Crippen LogP contribution in [0.2, 0.25) is 0 Å². The van der Waals surface area contributed by atoms with Gasteiger partial charge >= 0.3 is 6.18 Å². The monoisotopic (exact) mass is 589 g/mol. The van der Waals surface area contributed by atoms with Gasteiger partial charge in [-0.05, 0) is 90.9 Å². The van der Waals surface area contributed by atoms with E-state index < -0.39 is 11.7 Å². The van der Waals surface area contributed by atoms with Crippen molar-refractivity contribution in [3.63, 3.8) is 0 Å². The van der Waals surface area contributed by atoms with Gasteiger partial charge in [-0.15, -0.1) is 0 Å². The van der Waals surface area contributed by atoms with Crippen molar-refractivity contribution in [3.05, 3.63) is 125 Å². The summed E-state index contributed by atoms with van der Waals surface area (Å²) >= 11 is 0. The molecular formula is C35H42F3N5. The molecule has 3 aromatic carbocycles. The predicted molar refractivity (Wildman–Crippen MR) is 173 cm³/mol. The topological polar surface area (TPSA) is 65.3 Å². The summed E-state index contributed by atoms with van der Waals surface area (Å²) in [5.41, 5.74) is 11.3. The van der Waals surface area contributed by atoms with Crippen molar-refractivity contribution in [2.24, 2.45) is 11.7 Å². The Morgan fingerprint density at radius 1 is 1.02 bits per heavy atom. The number of hydrogen-bond acceptors (Lipinski definition) is 5. The molecule has 5 N–H and O–H groups in total. The average Bonchev–Trinajstić information content (AvgIpc) is 3.83. The lowest BCUT2D eigenvalue weighted by Gasteiger charge is -2.27. The van der Waals surface area contributed by atoms with Gasteiger partial charge in [-0.2, -0.15) is 13.2 Å². The molecule has 3 aromatic rings. The quantitative estimate of drug-likeness (QED) is 0.143. The fourth-order valence-corrected chi connectivity index (χ4v) is 4.95. The molecule has 5 nitrogen and oxygen atoms in total. The minimum atomic E-state index is -4.51. The fourth-order valence-electron chi connectivity index (χ4n) is 4.95. The summed E-state index contributed by atoms with van der Waals surface area (Å²) in [6.45, 7) is 7.12. The molecule has 1 fully saturated rings. The maximum atomic E-state index is 14.0. The third kappa shape index (κ3) is 8.75. The van der Waals surface area contributed by atoms with Crippen LogP contribution in [0.1, 0.15) is 48.9 Å². The zero-order valence-electron chi connectivity index (χ0n) is 25.1. The zero-order chi connectivity index (χ0) is 31.0. The first kappa shape index (κ1) is 31.9. The standard InChI is InChI=1S/C35H42F3N5/c1-5-8-29(35(36,37)38)21-33(43(4)32-12-6-9-26(19-32)22-39)24(2)42-31-11-7-10-28(20-31)34(41-23-25-13-14-25)27-15-17-30(40-3)18-16-27/h6-12,15-21,25,34,40-42H,2,5,13-14,22-23,39H2,1,3-4H3/b29-8-,33-21-. The van der Waals surface area contributed by atoms with E-state index in [0.29, 0.717) is 29.5 Å². The Labute approximate surface area is 253 Å². The number of nitrogens with two attached hydrogens (primary N) is 1. The summed E-state index contributed by atoms with van der Waals surface area (Å²) in [6.07, 6.45) is 0.558. The molecule has 0 radical (unpaired) electrons. The van der Waals surface area contributed by atoms with E-state index in [2.05, 4.69) is 52.9 Å². The van der Waals surface area contributed by atoms with Gasteiger partial charge < -0.3 is 26.6 Å². The SMILES string of the molecule is C=C(Nc1cccc(C(NCC2CC2)c2ccc(NC)cc2)c1)/C(=C/C(=C/CC)C(F)(F)F)N(C)c1cccc(CN)c1.